The number of hydrogen-bond donors (Lipinski definition) is 1. The van der Waals surface area contributed by atoms with Gasteiger partial charge in [0.1, 0.15) is 17.7 Å². The van der Waals surface area contributed by atoms with Crippen LogP contribution in [-0.2, 0) is 0 Å². The summed E-state index contributed by atoms with van der Waals surface area (Å²) >= 11 is 3.36. The van der Waals surface area contributed by atoms with Gasteiger partial charge in [0, 0.05) is 10.0 Å². The number of rotatable bonds is 1. The van der Waals surface area contributed by atoms with Crippen molar-refractivity contribution in [2.45, 2.75) is 13.0 Å². The monoisotopic (exact) mass is 321 g/mol. The van der Waals surface area contributed by atoms with Crippen molar-refractivity contribution in [3.63, 3.8) is 0 Å². The third-order valence-electron chi connectivity index (χ3n) is 3.19. The van der Waals surface area contributed by atoms with Crippen molar-refractivity contribution >= 4 is 21.6 Å². The van der Waals surface area contributed by atoms with Crippen molar-refractivity contribution in [2.24, 2.45) is 0 Å². The van der Waals surface area contributed by atoms with Gasteiger partial charge < -0.3 is 10.1 Å². The van der Waals surface area contributed by atoms with E-state index < -0.39 is 0 Å². The molecule has 98 valence electrons. The molecule has 0 saturated heterocycles. The quantitative estimate of drug-likeness (QED) is 0.838. The maximum absolute atomic E-state index is 13.9. The molecule has 2 nitrogen and oxygen atoms in total. The highest BCUT2D eigenvalue weighted by Gasteiger charge is 2.23. The van der Waals surface area contributed by atoms with E-state index in [2.05, 4.69) is 21.2 Å². The van der Waals surface area contributed by atoms with Crippen LogP contribution in [0.3, 0.4) is 0 Å². The van der Waals surface area contributed by atoms with Crippen molar-refractivity contribution in [3.05, 3.63) is 57.8 Å². The maximum atomic E-state index is 13.9. The molecule has 19 heavy (non-hydrogen) atoms. The Labute approximate surface area is 119 Å². The van der Waals surface area contributed by atoms with Gasteiger partial charge in [-0.3, -0.25) is 0 Å². The molecule has 1 unspecified atom stereocenters. The average molecular weight is 322 g/mol. The molecule has 3 rings (SSSR count). The van der Waals surface area contributed by atoms with Crippen LogP contribution in [0.2, 0.25) is 0 Å². The van der Waals surface area contributed by atoms with Crippen LogP contribution in [0.15, 0.2) is 40.9 Å². The first-order valence-electron chi connectivity index (χ1n) is 6.09. The fraction of sp³-hybridized carbons (Fsp3) is 0.200. The first kappa shape index (κ1) is 12.5. The minimum Gasteiger partial charge on any atom is -0.482 e. The largest absolute Gasteiger partial charge is 0.482 e. The van der Waals surface area contributed by atoms with Gasteiger partial charge in [0.25, 0.3) is 0 Å². The summed E-state index contributed by atoms with van der Waals surface area (Å²) in [5.41, 5.74) is 2.70. The second kappa shape index (κ2) is 4.85. The van der Waals surface area contributed by atoms with E-state index in [1.807, 2.05) is 25.1 Å². The van der Waals surface area contributed by atoms with Crippen LogP contribution in [0.5, 0.6) is 5.75 Å². The molecule has 0 aromatic heterocycles. The highest BCUT2D eigenvalue weighted by atomic mass is 79.9. The number of hydrogen-bond acceptors (Lipinski definition) is 2. The van der Waals surface area contributed by atoms with E-state index in [1.54, 1.807) is 12.1 Å². The Hall–Kier alpha value is -1.55. The third-order valence-corrected chi connectivity index (χ3v) is 3.68. The number of fused-ring (bicyclic) bond motifs is 1. The Morgan fingerprint density at radius 1 is 1.26 bits per heavy atom. The second-order valence-electron chi connectivity index (χ2n) is 4.65. The lowest BCUT2D eigenvalue weighted by Gasteiger charge is -2.28. The summed E-state index contributed by atoms with van der Waals surface area (Å²) < 4.78 is 20.6. The van der Waals surface area contributed by atoms with Crippen molar-refractivity contribution < 1.29 is 9.13 Å². The van der Waals surface area contributed by atoms with Gasteiger partial charge in [-0.2, -0.15) is 0 Å². The molecule has 1 N–H and O–H groups in total. The third kappa shape index (κ3) is 2.45. The lowest BCUT2D eigenvalue weighted by Crippen LogP contribution is -2.24. The molecule has 1 aliphatic rings. The van der Waals surface area contributed by atoms with Crippen molar-refractivity contribution in [1.29, 1.82) is 0 Å². The minimum absolute atomic E-state index is 0.245. The molecule has 0 amide bonds. The molecule has 0 bridgehead atoms. The molecule has 2 aromatic carbocycles. The molecule has 0 fully saturated rings. The lowest BCUT2D eigenvalue weighted by molar-refractivity contribution is 0.205. The summed E-state index contributed by atoms with van der Waals surface area (Å²) in [5.74, 6) is 0.520. The molecular formula is C15H13BrFNO. The fourth-order valence-electron chi connectivity index (χ4n) is 2.22. The van der Waals surface area contributed by atoms with Gasteiger partial charge in [0.05, 0.1) is 12.2 Å². The Morgan fingerprint density at radius 3 is 2.95 bits per heavy atom. The van der Waals surface area contributed by atoms with Gasteiger partial charge in [-0.1, -0.05) is 22.0 Å². The zero-order valence-corrected chi connectivity index (χ0v) is 12.0. The Kier molecular flexibility index (Phi) is 3.19. The zero-order valence-electron chi connectivity index (χ0n) is 10.4. The molecule has 0 aliphatic carbocycles. The predicted molar refractivity (Wildman–Crippen MR) is 77.1 cm³/mol. The molecule has 0 radical (unpaired) electrons. The summed E-state index contributed by atoms with van der Waals surface area (Å²) in [4.78, 5) is 0. The molecule has 0 saturated carbocycles. The smallest absolute Gasteiger partial charge is 0.144 e. The summed E-state index contributed by atoms with van der Waals surface area (Å²) in [6.07, 6.45) is -0.312. The Balaban J connectivity index is 1.93. The number of nitrogens with one attached hydrogen (secondary N) is 1. The van der Waals surface area contributed by atoms with Gasteiger partial charge in [0.2, 0.25) is 0 Å². The number of halogens is 2. The van der Waals surface area contributed by atoms with E-state index in [0.29, 0.717) is 12.1 Å². The molecule has 2 aromatic rings. The molecule has 1 atom stereocenters. The van der Waals surface area contributed by atoms with Crippen LogP contribution in [-0.4, -0.2) is 6.54 Å². The Morgan fingerprint density at radius 2 is 2.11 bits per heavy atom. The van der Waals surface area contributed by atoms with Crippen LogP contribution in [0.1, 0.15) is 17.2 Å². The first-order valence-corrected chi connectivity index (χ1v) is 6.89. The highest BCUT2D eigenvalue weighted by molar-refractivity contribution is 9.10. The van der Waals surface area contributed by atoms with Gasteiger partial charge in [-0.05, 0) is 42.8 Å². The van der Waals surface area contributed by atoms with Crippen molar-refractivity contribution in [3.8, 4) is 5.75 Å². The van der Waals surface area contributed by atoms with Gasteiger partial charge in [-0.25, -0.2) is 4.39 Å². The van der Waals surface area contributed by atoms with Crippen LogP contribution >= 0.6 is 15.9 Å². The SMILES string of the molecule is Cc1ccc2c(c1)NCC(c1cc(Br)ccc1F)O2. The zero-order chi connectivity index (χ0) is 13.4. The molecular weight excluding hydrogens is 309 g/mol. The van der Waals surface area contributed by atoms with E-state index in [0.717, 1.165) is 15.9 Å². The van der Waals surface area contributed by atoms with E-state index in [1.165, 1.54) is 11.6 Å². The summed E-state index contributed by atoms with van der Waals surface area (Å²) in [5, 5.41) is 3.29. The second-order valence-corrected chi connectivity index (χ2v) is 5.57. The average Bonchev–Trinajstić information content (AvgIpc) is 2.41. The van der Waals surface area contributed by atoms with Crippen LogP contribution in [0.25, 0.3) is 0 Å². The molecule has 0 spiro atoms. The van der Waals surface area contributed by atoms with Crippen LogP contribution < -0.4 is 10.1 Å². The van der Waals surface area contributed by atoms with Crippen molar-refractivity contribution in [1.82, 2.24) is 0 Å². The highest BCUT2D eigenvalue weighted by Crippen LogP contribution is 2.35. The van der Waals surface area contributed by atoms with Crippen LogP contribution in [0.4, 0.5) is 10.1 Å². The minimum atomic E-state index is -0.312. The number of anilines is 1. The van der Waals surface area contributed by atoms with Gasteiger partial charge in [-0.15, -0.1) is 0 Å². The van der Waals surface area contributed by atoms with Gasteiger partial charge >= 0.3 is 0 Å². The molecule has 1 heterocycles. The van der Waals surface area contributed by atoms with E-state index in [9.17, 15) is 4.39 Å². The molecule has 4 heteroatoms. The number of benzene rings is 2. The predicted octanol–water partition coefficient (Wildman–Crippen LogP) is 4.44. The summed E-state index contributed by atoms with van der Waals surface area (Å²) in [6, 6.07) is 10.8. The van der Waals surface area contributed by atoms with E-state index >= 15 is 0 Å². The van der Waals surface area contributed by atoms with Gasteiger partial charge in [0.15, 0.2) is 0 Å². The Bertz CT molecular complexity index is 630. The normalized spacial score (nSPS) is 17.3. The molecule has 1 aliphatic heterocycles. The fourth-order valence-corrected chi connectivity index (χ4v) is 2.60. The van der Waals surface area contributed by atoms with Crippen LogP contribution in [0, 0.1) is 12.7 Å². The lowest BCUT2D eigenvalue weighted by atomic mass is 10.1. The standard InChI is InChI=1S/C15H13BrFNO/c1-9-2-5-14-13(6-9)18-8-15(19-14)11-7-10(16)3-4-12(11)17/h2-7,15,18H,8H2,1H3. The number of aryl methyl sites for hydroxylation is 1. The van der Waals surface area contributed by atoms with E-state index in [-0.39, 0.29) is 11.9 Å². The summed E-state index contributed by atoms with van der Waals surface area (Å²) in [6.45, 7) is 2.59. The van der Waals surface area contributed by atoms with Crippen molar-refractivity contribution in [2.75, 3.05) is 11.9 Å². The summed E-state index contributed by atoms with van der Waals surface area (Å²) in [7, 11) is 0. The van der Waals surface area contributed by atoms with E-state index in [4.69, 9.17) is 4.74 Å². The maximum Gasteiger partial charge on any atom is 0.144 e. The topological polar surface area (TPSA) is 21.3 Å². The first-order chi connectivity index (χ1) is 9.13. The number of ether oxygens (including phenoxy) is 1.